The van der Waals surface area contributed by atoms with Gasteiger partial charge in [-0.05, 0) is 18.1 Å². The van der Waals surface area contributed by atoms with Gasteiger partial charge in [0.15, 0.2) is 0 Å². The second-order valence-electron chi connectivity index (χ2n) is 3.69. The molecule has 0 saturated carbocycles. The molecule has 0 aromatic carbocycles. The van der Waals surface area contributed by atoms with Crippen molar-refractivity contribution in [2.75, 3.05) is 11.9 Å². The quantitative estimate of drug-likeness (QED) is 0.771. The number of primary amides is 1. The van der Waals surface area contributed by atoms with Gasteiger partial charge >= 0.3 is 0 Å². The van der Waals surface area contributed by atoms with Crippen molar-refractivity contribution in [1.82, 2.24) is 4.98 Å². The molecule has 0 spiro atoms. The van der Waals surface area contributed by atoms with Crippen molar-refractivity contribution in [1.29, 1.82) is 0 Å². The first-order valence-corrected chi connectivity index (χ1v) is 5.13. The van der Waals surface area contributed by atoms with E-state index in [0.29, 0.717) is 11.6 Å². The van der Waals surface area contributed by atoms with Crippen LogP contribution in [0.15, 0.2) is 18.3 Å². The molecule has 1 rings (SSSR count). The molecule has 4 heteroatoms. The SMILES string of the molecule is CCC(C)CNc1ccnc(C(N)=O)c1. The lowest BCUT2D eigenvalue weighted by atomic mass is 10.1. The van der Waals surface area contributed by atoms with E-state index >= 15 is 0 Å². The molecule has 0 saturated heterocycles. The van der Waals surface area contributed by atoms with E-state index in [1.165, 1.54) is 0 Å². The van der Waals surface area contributed by atoms with Gasteiger partial charge in [0.05, 0.1) is 0 Å². The number of nitrogens with two attached hydrogens (primary N) is 1. The van der Waals surface area contributed by atoms with Crippen LogP contribution in [-0.4, -0.2) is 17.4 Å². The van der Waals surface area contributed by atoms with E-state index in [9.17, 15) is 4.79 Å². The van der Waals surface area contributed by atoms with Gasteiger partial charge in [-0.3, -0.25) is 9.78 Å². The summed E-state index contributed by atoms with van der Waals surface area (Å²) < 4.78 is 0. The van der Waals surface area contributed by atoms with Gasteiger partial charge in [0.1, 0.15) is 5.69 Å². The van der Waals surface area contributed by atoms with Crippen molar-refractivity contribution in [2.45, 2.75) is 20.3 Å². The summed E-state index contributed by atoms with van der Waals surface area (Å²) in [5, 5.41) is 3.24. The van der Waals surface area contributed by atoms with Crippen LogP contribution < -0.4 is 11.1 Å². The van der Waals surface area contributed by atoms with E-state index in [4.69, 9.17) is 5.73 Å². The van der Waals surface area contributed by atoms with E-state index < -0.39 is 5.91 Å². The number of amides is 1. The smallest absolute Gasteiger partial charge is 0.267 e. The zero-order valence-electron chi connectivity index (χ0n) is 9.16. The Morgan fingerprint density at radius 2 is 2.40 bits per heavy atom. The molecule has 1 unspecified atom stereocenters. The van der Waals surface area contributed by atoms with E-state index in [-0.39, 0.29) is 0 Å². The number of aromatic nitrogens is 1. The van der Waals surface area contributed by atoms with E-state index in [1.54, 1.807) is 12.3 Å². The summed E-state index contributed by atoms with van der Waals surface area (Å²) in [5.74, 6) is 0.109. The number of anilines is 1. The molecule has 1 aromatic heterocycles. The molecule has 0 bridgehead atoms. The number of nitrogens with one attached hydrogen (secondary N) is 1. The van der Waals surface area contributed by atoms with Crippen LogP contribution in [0.3, 0.4) is 0 Å². The van der Waals surface area contributed by atoms with Gasteiger partial charge in [-0.25, -0.2) is 0 Å². The summed E-state index contributed by atoms with van der Waals surface area (Å²) in [6, 6.07) is 3.50. The third-order valence-electron chi connectivity index (χ3n) is 2.36. The third-order valence-corrected chi connectivity index (χ3v) is 2.36. The summed E-state index contributed by atoms with van der Waals surface area (Å²) in [4.78, 5) is 14.8. The molecule has 3 N–H and O–H groups in total. The van der Waals surface area contributed by atoms with Crippen molar-refractivity contribution in [3.05, 3.63) is 24.0 Å². The molecule has 1 heterocycles. The molecule has 1 amide bonds. The molecule has 4 nitrogen and oxygen atoms in total. The van der Waals surface area contributed by atoms with E-state index in [1.807, 2.05) is 6.07 Å². The highest BCUT2D eigenvalue weighted by Crippen LogP contribution is 2.09. The van der Waals surface area contributed by atoms with Crippen LogP contribution in [0.5, 0.6) is 0 Å². The number of hydrogen-bond donors (Lipinski definition) is 2. The Bertz CT molecular complexity index is 338. The fraction of sp³-hybridized carbons (Fsp3) is 0.455. The molecule has 0 aliphatic carbocycles. The highest BCUT2D eigenvalue weighted by Gasteiger charge is 2.03. The van der Waals surface area contributed by atoms with Crippen molar-refractivity contribution < 1.29 is 4.79 Å². The van der Waals surface area contributed by atoms with Crippen LogP contribution in [0.1, 0.15) is 30.8 Å². The molecule has 0 aliphatic heterocycles. The summed E-state index contributed by atoms with van der Waals surface area (Å²) in [6.07, 6.45) is 2.71. The second-order valence-corrected chi connectivity index (χ2v) is 3.69. The van der Waals surface area contributed by atoms with Gasteiger partial charge in [0, 0.05) is 18.4 Å². The maximum atomic E-state index is 10.9. The summed E-state index contributed by atoms with van der Waals surface area (Å²) in [6.45, 7) is 5.20. The Morgan fingerprint density at radius 3 is 3.00 bits per heavy atom. The first kappa shape index (κ1) is 11.5. The molecular weight excluding hydrogens is 190 g/mol. The number of rotatable bonds is 5. The van der Waals surface area contributed by atoms with Gasteiger partial charge in [-0.15, -0.1) is 0 Å². The molecule has 15 heavy (non-hydrogen) atoms. The molecule has 1 aromatic rings. The van der Waals surface area contributed by atoms with Crippen LogP contribution in [0.25, 0.3) is 0 Å². The number of carbonyl (C=O) groups excluding carboxylic acids is 1. The third kappa shape index (κ3) is 3.58. The lowest BCUT2D eigenvalue weighted by molar-refractivity contribution is 0.0995. The maximum absolute atomic E-state index is 10.9. The van der Waals surface area contributed by atoms with Crippen molar-refractivity contribution in [3.8, 4) is 0 Å². The Balaban J connectivity index is 2.62. The zero-order valence-corrected chi connectivity index (χ0v) is 9.16. The van der Waals surface area contributed by atoms with Gasteiger partial charge in [-0.1, -0.05) is 20.3 Å². The standard InChI is InChI=1S/C11H17N3O/c1-3-8(2)7-14-9-4-5-13-10(6-9)11(12)15/h4-6,8H,3,7H2,1-2H3,(H2,12,15)(H,13,14). The van der Waals surface area contributed by atoms with Gasteiger partial charge in [-0.2, -0.15) is 0 Å². The van der Waals surface area contributed by atoms with Crippen molar-refractivity contribution in [3.63, 3.8) is 0 Å². The van der Waals surface area contributed by atoms with Crippen LogP contribution in [-0.2, 0) is 0 Å². The summed E-state index contributed by atoms with van der Waals surface area (Å²) >= 11 is 0. The molecule has 0 fully saturated rings. The number of hydrogen-bond acceptors (Lipinski definition) is 3. The Labute approximate surface area is 89.9 Å². The fourth-order valence-electron chi connectivity index (χ4n) is 1.11. The minimum Gasteiger partial charge on any atom is -0.385 e. The highest BCUT2D eigenvalue weighted by atomic mass is 16.1. The van der Waals surface area contributed by atoms with Crippen molar-refractivity contribution >= 4 is 11.6 Å². The van der Waals surface area contributed by atoms with Crippen LogP contribution in [0, 0.1) is 5.92 Å². The number of nitrogens with zero attached hydrogens (tertiary/aromatic N) is 1. The lowest BCUT2D eigenvalue weighted by Gasteiger charge is -2.11. The van der Waals surface area contributed by atoms with Crippen LogP contribution in [0.4, 0.5) is 5.69 Å². The Kier molecular flexibility index (Phi) is 4.09. The normalized spacial score (nSPS) is 12.1. The Morgan fingerprint density at radius 1 is 1.67 bits per heavy atom. The lowest BCUT2D eigenvalue weighted by Crippen LogP contribution is -2.14. The minimum atomic E-state index is -0.498. The molecule has 0 radical (unpaired) electrons. The average Bonchev–Trinajstić information content (AvgIpc) is 2.26. The second kappa shape index (κ2) is 5.34. The van der Waals surface area contributed by atoms with E-state index in [0.717, 1.165) is 18.7 Å². The van der Waals surface area contributed by atoms with Crippen molar-refractivity contribution in [2.24, 2.45) is 11.7 Å². The van der Waals surface area contributed by atoms with Gasteiger partial charge in [0.2, 0.25) is 0 Å². The predicted octanol–water partition coefficient (Wildman–Crippen LogP) is 1.64. The average molecular weight is 207 g/mol. The monoisotopic (exact) mass is 207 g/mol. The van der Waals surface area contributed by atoms with Crippen LogP contribution in [0.2, 0.25) is 0 Å². The molecule has 82 valence electrons. The largest absolute Gasteiger partial charge is 0.385 e. The Hall–Kier alpha value is -1.58. The summed E-state index contributed by atoms with van der Waals surface area (Å²) in [5.41, 5.74) is 6.32. The molecule has 1 atom stereocenters. The fourth-order valence-corrected chi connectivity index (χ4v) is 1.11. The topological polar surface area (TPSA) is 68.0 Å². The van der Waals surface area contributed by atoms with Crippen LogP contribution >= 0.6 is 0 Å². The predicted molar refractivity (Wildman–Crippen MR) is 60.7 cm³/mol. The van der Waals surface area contributed by atoms with Gasteiger partial charge in [0.25, 0.3) is 5.91 Å². The zero-order chi connectivity index (χ0) is 11.3. The first-order chi connectivity index (χ1) is 7.13. The molecule has 0 aliphatic rings. The molecular formula is C11H17N3O. The van der Waals surface area contributed by atoms with E-state index in [2.05, 4.69) is 24.1 Å². The van der Waals surface area contributed by atoms with Gasteiger partial charge < -0.3 is 11.1 Å². The first-order valence-electron chi connectivity index (χ1n) is 5.13. The minimum absolute atomic E-state index is 0.296. The summed E-state index contributed by atoms with van der Waals surface area (Å²) in [7, 11) is 0. The highest BCUT2D eigenvalue weighted by molar-refractivity contribution is 5.91. The maximum Gasteiger partial charge on any atom is 0.267 e. The number of pyridine rings is 1. The number of carbonyl (C=O) groups is 1.